The van der Waals surface area contributed by atoms with Crippen LogP contribution in [-0.4, -0.2) is 62.1 Å². The van der Waals surface area contributed by atoms with Crippen LogP contribution in [0.15, 0.2) is 0 Å². The van der Waals surface area contributed by atoms with E-state index in [4.69, 9.17) is 5.11 Å². The van der Waals surface area contributed by atoms with Crippen LogP contribution in [0.5, 0.6) is 0 Å². The number of amides is 2. The van der Waals surface area contributed by atoms with Gasteiger partial charge in [0.1, 0.15) is 9.84 Å². The molecular weight excluding hydrogens is 272 g/mol. The van der Waals surface area contributed by atoms with Crippen molar-refractivity contribution in [3.8, 4) is 0 Å². The maximum atomic E-state index is 11.8. The van der Waals surface area contributed by atoms with Gasteiger partial charge in [0.2, 0.25) is 0 Å². The minimum atomic E-state index is -3.10. The number of hydrogen-bond donors (Lipinski definition) is 2. The van der Waals surface area contributed by atoms with Crippen LogP contribution in [0.3, 0.4) is 0 Å². The summed E-state index contributed by atoms with van der Waals surface area (Å²) in [6.07, 6.45) is 2.75. The molecule has 0 unspecified atom stereocenters. The quantitative estimate of drug-likeness (QED) is 0.738. The van der Waals surface area contributed by atoms with E-state index in [2.05, 4.69) is 5.32 Å². The Morgan fingerprint density at radius 2 is 2.00 bits per heavy atom. The number of hydrogen-bond acceptors (Lipinski definition) is 4. The first-order valence-electron chi connectivity index (χ1n) is 6.11. The Labute approximate surface area is 112 Å². The van der Waals surface area contributed by atoms with Crippen molar-refractivity contribution in [2.24, 2.45) is 5.92 Å². The molecule has 0 heterocycles. The molecule has 1 fully saturated rings. The van der Waals surface area contributed by atoms with Crippen LogP contribution < -0.4 is 5.32 Å². The number of carboxylic acids is 1. The smallest absolute Gasteiger partial charge is 0.317 e. The highest BCUT2D eigenvalue weighted by molar-refractivity contribution is 7.90. The molecule has 0 aromatic carbocycles. The number of aliphatic carboxylic acids is 1. The summed E-state index contributed by atoms with van der Waals surface area (Å²) in [5, 5.41) is 11.6. The third-order valence-electron chi connectivity index (χ3n) is 3.25. The Balaban J connectivity index is 2.37. The zero-order valence-electron chi connectivity index (χ0n) is 11.1. The lowest BCUT2D eigenvalue weighted by Crippen LogP contribution is -2.43. The van der Waals surface area contributed by atoms with E-state index in [1.165, 1.54) is 11.9 Å². The average molecular weight is 292 g/mol. The van der Waals surface area contributed by atoms with Crippen molar-refractivity contribution in [1.29, 1.82) is 0 Å². The van der Waals surface area contributed by atoms with Crippen molar-refractivity contribution < 1.29 is 23.1 Å². The van der Waals surface area contributed by atoms with Gasteiger partial charge in [-0.2, -0.15) is 0 Å². The van der Waals surface area contributed by atoms with Crippen LogP contribution in [0, 0.1) is 5.92 Å². The second kappa shape index (κ2) is 6.23. The molecule has 110 valence electrons. The van der Waals surface area contributed by atoms with Gasteiger partial charge in [-0.05, 0) is 19.3 Å². The molecule has 0 aliphatic heterocycles. The van der Waals surface area contributed by atoms with Crippen molar-refractivity contribution in [1.82, 2.24) is 10.2 Å². The summed E-state index contributed by atoms with van der Waals surface area (Å²) >= 11 is 0. The highest BCUT2D eigenvalue weighted by Crippen LogP contribution is 2.25. The van der Waals surface area contributed by atoms with Crippen LogP contribution >= 0.6 is 0 Å². The predicted molar refractivity (Wildman–Crippen MR) is 69.6 cm³/mol. The van der Waals surface area contributed by atoms with Crippen molar-refractivity contribution in [3.05, 3.63) is 0 Å². The molecule has 1 saturated carbocycles. The first-order valence-corrected chi connectivity index (χ1v) is 8.17. The van der Waals surface area contributed by atoms with Gasteiger partial charge in [0.25, 0.3) is 0 Å². The van der Waals surface area contributed by atoms with Crippen molar-refractivity contribution in [3.63, 3.8) is 0 Å². The highest BCUT2D eigenvalue weighted by atomic mass is 32.2. The molecule has 2 amide bonds. The Kier molecular flexibility index (Phi) is 5.16. The summed E-state index contributed by atoms with van der Waals surface area (Å²) in [6.45, 7) is 0.125. The Bertz CT molecular complexity index is 448. The minimum absolute atomic E-state index is 0.0840. The third kappa shape index (κ3) is 5.46. The average Bonchev–Trinajstić information content (AvgIpc) is 2.73. The molecule has 0 saturated heterocycles. The van der Waals surface area contributed by atoms with Crippen molar-refractivity contribution in [2.75, 3.05) is 25.6 Å². The lowest BCUT2D eigenvalue weighted by molar-refractivity contribution is -0.141. The summed E-state index contributed by atoms with van der Waals surface area (Å²) in [6, 6.07) is -0.506. The molecule has 7 nitrogen and oxygen atoms in total. The number of carbonyl (C=O) groups is 2. The van der Waals surface area contributed by atoms with Gasteiger partial charge in [0.05, 0.1) is 11.7 Å². The van der Waals surface area contributed by atoms with Gasteiger partial charge >= 0.3 is 12.0 Å². The number of sulfone groups is 1. The molecule has 0 bridgehead atoms. The molecule has 19 heavy (non-hydrogen) atoms. The topological polar surface area (TPSA) is 104 Å². The van der Waals surface area contributed by atoms with Crippen molar-refractivity contribution in [2.45, 2.75) is 25.3 Å². The summed E-state index contributed by atoms with van der Waals surface area (Å²) < 4.78 is 22.0. The van der Waals surface area contributed by atoms with Gasteiger partial charge in [-0.25, -0.2) is 13.2 Å². The molecule has 0 aromatic heterocycles. The standard InChI is InChI=1S/C11H20N2O5S/c1-13(5-6-19(2,17)18)11(16)12-9-4-3-8(7-9)10(14)15/h8-9H,3-7H2,1-2H3,(H,12,16)(H,14,15)/t8-,9+/m1/s1. The Hall–Kier alpha value is -1.31. The zero-order chi connectivity index (χ0) is 14.6. The summed E-state index contributed by atoms with van der Waals surface area (Å²) in [5.41, 5.74) is 0. The molecule has 1 aliphatic rings. The fourth-order valence-electron chi connectivity index (χ4n) is 2.03. The number of rotatable bonds is 5. The number of carbonyl (C=O) groups excluding carboxylic acids is 1. The van der Waals surface area contributed by atoms with Crippen LogP contribution in [0.1, 0.15) is 19.3 Å². The third-order valence-corrected chi connectivity index (χ3v) is 4.18. The maximum Gasteiger partial charge on any atom is 0.317 e. The SMILES string of the molecule is CN(CCS(C)(=O)=O)C(=O)N[C@H]1CC[C@@H](C(=O)O)C1. The lowest BCUT2D eigenvalue weighted by Gasteiger charge is -2.20. The fourth-order valence-corrected chi connectivity index (χ4v) is 2.63. The minimum Gasteiger partial charge on any atom is -0.481 e. The van der Waals surface area contributed by atoms with E-state index < -0.39 is 21.7 Å². The summed E-state index contributed by atoms with van der Waals surface area (Å²) in [7, 11) is -1.58. The van der Waals surface area contributed by atoms with E-state index in [0.717, 1.165) is 6.26 Å². The van der Waals surface area contributed by atoms with E-state index >= 15 is 0 Å². The van der Waals surface area contributed by atoms with Crippen molar-refractivity contribution >= 4 is 21.8 Å². The number of carboxylic acid groups (broad SMARTS) is 1. The second-order valence-corrected chi connectivity index (χ2v) is 7.31. The Morgan fingerprint density at radius 3 is 2.47 bits per heavy atom. The normalized spacial score (nSPS) is 23.1. The molecule has 0 spiro atoms. The van der Waals surface area contributed by atoms with Crippen LogP contribution in [-0.2, 0) is 14.6 Å². The zero-order valence-corrected chi connectivity index (χ0v) is 11.9. The van der Waals surface area contributed by atoms with Crippen LogP contribution in [0.4, 0.5) is 4.79 Å². The maximum absolute atomic E-state index is 11.8. The number of nitrogens with one attached hydrogen (secondary N) is 1. The summed E-state index contributed by atoms with van der Waals surface area (Å²) in [5.74, 6) is -1.31. The largest absolute Gasteiger partial charge is 0.481 e. The van der Waals surface area contributed by atoms with Gasteiger partial charge < -0.3 is 15.3 Å². The fraction of sp³-hybridized carbons (Fsp3) is 0.818. The van der Waals surface area contributed by atoms with E-state index in [-0.39, 0.29) is 24.4 Å². The van der Waals surface area contributed by atoms with E-state index in [9.17, 15) is 18.0 Å². The number of urea groups is 1. The second-order valence-electron chi connectivity index (χ2n) is 5.05. The van der Waals surface area contributed by atoms with Crippen LogP contribution in [0.25, 0.3) is 0 Å². The lowest BCUT2D eigenvalue weighted by atomic mass is 10.1. The molecule has 8 heteroatoms. The molecule has 2 N–H and O–H groups in total. The molecular formula is C11H20N2O5S. The summed E-state index contributed by atoms with van der Waals surface area (Å²) in [4.78, 5) is 23.9. The first-order chi connectivity index (χ1) is 8.69. The first kappa shape index (κ1) is 15.7. The molecule has 0 radical (unpaired) electrons. The predicted octanol–water partition coefficient (Wildman–Crippen LogP) is -0.0743. The monoisotopic (exact) mass is 292 g/mol. The van der Waals surface area contributed by atoms with E-state index in [1.54, 1.807) is 0 Å². The van der Waals surface area contributed by atoms with E-state index in [1.807, 2.05) is 0 Å². The van der Waals surface area contributed by atoms with E-state index in [0.29, 0.717) is 19.3 Å². The van der Waals surface area contributed by atoms with Gasteiger partial charge in [-0.15, -0.1) is 0 Å². The molecule has 1 aliphatic carbocycles. The van der Waals surface area contributed by atoms with Gasteiger partial charge in [-0.3, -0.25) is 4.79 Å². The van der Waals surface area contributed by atoms with Crippen LogP contribution in [0.2, 0.25) is 0 Å². The highest BCUT2D eigenvalue weighted by Gasteiger charge is 2.31. The Morgan fingerprint density at radius 1 is 1.37 bits per heavy atom. The van der Waals surface area contributed by atoms with Gasteiger partial charge in [-0.1, -0.05) is 0 Å². The molecule has 1 rings (SSSR count). The van der Waals surface area contributed by atoms with Gasteiger partial charge in [0, 0.05) is 25.9 Å². The van der Waals surface area contributed by atoms with Gasteiger partial charge in [0.15, 0.2) is 0 Å². The molecule has 2 atom stereocenters. The molecule has 0 aromatic rings. The number of nitrogens with zero attached hydrogens (tertiary/aromatic N) is 1.